The Labute approximate surface area is 175 Å². The zero-order valence-corrected chi connectivity index (χ0v) is 18.7. The highest BCUT2D eigenvalue weighted by Gasteiger charge is 2.68. The Hall–Kier alpha value is -1.84. The predicted octanol–water partition coefficient (Wildman–Crippen LogP) is 5.18. The summed E-state index contributed by atoms with van der Waals surface area (Å²) in [5.74, 6) is 1.32. The third-order valence-electron chi connectivity index (χ3n) is 7.71. The average molecular weight is 397 g/mol. The number of fused-ring (bicyclic) bond motifs is 3. The second-order valence-electron chi connectivity index (χ2n) is 10.5. The van der Waals surface area contributed by atoms with Gasteiger partial charge in [0.05, 0.1) is 0 Å². The van der Waals surface area contributed by atoms with Crippen molar-refractivity contribution < 1.29 is 9.59 Å². The molecule has 0 aromatic heterocycles. The molecule has 2 aliphatic carbocycles. The van der Waals surface area contributed by atoms with E-state index < -0.39 is 5.54 Å². The number of benzene rings is 1. The highest BCUT2D eigenvalue weighted by atomic mass is 16.2. The molecule has 4 heteroatoms. The monoisotopic (exact) mass is 396 g/mol. The van der Waals surface area contributed by atoms with Crippen molar-refractivity contribution in [3.05, 3.63) is 34.9 Å². The van der Waals surface area contributed by atoms with Gasteiger partial charge in [0.25, 0.3) is 5.91 Å². The summed E-state index contributed by atoms with van der Waals surface area (Å²) in [6, 6.07) is 6.36. The van der Waals surface area contributed by atoms with Crippen LogP contribution in [0.1, 0.15) is 83.4 Å². The lowest BCUT2D eigenvalue weighted by Crippen LogP contribution is -2.56. The van der Waals surface area contributed by atoms with E-state index in [0.29, 0.717) is 11.8 Å². The second-order valence-corrected chi connectivity index (χ2v) is 10.5. The van der Waals surface area contributed by atoms with Crippen molar-refractivity contribution in [1.29, 1.82) is 0 Å². The van der Waals surface area contributed by atoms with Gasteiger partial charge in [0.15, 0.2) is 5.54 Å². The molecule has 1 unspecified atom stereocenters. The molecule has 29 heavy (non-hydrogen) atoms. The topological polar surface area (TPSA) is 49.4 Å². The van der Waals surface area contributed by atoms with Crippen molar-refractivity contribution in [1.82, 2.24) is 10.2 Å². The summed E-state index contributed by atoms with van der Waals surface area (Å²) in [7, 11) is 0. The molecule has 4 rings (SSSR count). The molecule has 2 spiro atoms. The van der Waals surface area contributed by atoms with Crippen molar-refractivity contribution >= 4 is 11.9 Å². The molecule has 4 nitrogen and oxygen atoms in total. The largest absolute Gasteiger partial charge is 0.325 e. The number of nitrogens with zero attached hydrogens (tertiary/aromatic N) is 1. The molecule has 0 bridgehead atoms. The molecule has 1 saturated carbocycles. The number of amides is 3. The van der Waals surface area contributed by atoms with E-state index in [1.165, 1.54) is 16.0 Å². The van der Waals surface area contributed by atoms with Gasteiger partial charge in [0.2, 0.25) is 0 Å². The van der Waals surface area contributed by atoms with Crippen LogP contribution in [0.2, 0.25) is 0 Å². The van der Waals surface area contributed by atoms with Crippen LogP contribution < -0.4 is 5.32 Å². The lowest BCUT2D eigenvalue weighted by Gasteiger charge is -2.46. The maximum absolute atomic E-state index is 13.9. The number of aryl methyl sites for hydroxylation is 1. The summed E-state index contributed by atoms with van der Waals surface area (Å²) in [6.07, 6.45) is 7.30. The van der Waals surface area contributed by atoms with E-state index in [-0.39, 0.29) is 23.4 Å². The lowest BCUT2D eigenvalue weighted by atomic mass is 9.60. The minimum atomic E-state index is -0.877. The second kappa shape index (κ2) is 7.14. The van der Waals surface area contributed by atoms with Gasteiger partial charge in [-0.3, -0.25) is 9.69 Å². The van der Waals surface area contributed by atoms with E-state index in [9.17, 15) is 9.59 Å². The maximum atomic E-state index is 13.9. The molecule has 0 radical (unpaired) electrons. The van der Waals surface area contributed by atoms with Crippen LogP contribution >= 0.6 is 0 Å². The van der Waals surface area contributed by atoms with Crippen molar-refractivity contribution in [3.63, 3.8) is 0 Å². The minimum Gasteiger partial charge on any atom is -0.319 e. The molecule has 1 aromatic rings. The van der Waals surface area contributed by atoms with E-state index in [0.717, 1.165) is 50.5 Å². The first-order chi connectivity index (χ1) is 13.7. The van der Waals surface area contributed by atoms with Crippen molar-refractivity contribution in [2.24, 2.45) is 17.3 Å². The number of carbonyl (C=O) groups excluding carboxylic acids is 2. The summed E-state index contributed by atoms with van der Waals surface area (Å²) in [6.45, 7) is 10.7. The molecule has 158 valence electrons. The fourth-order valence-corrected chi connectivity index (χ4v) is 5.94. The summed E-state index contributed by atoms with van der Waals surface area (Å²) < 4.78 is 0. The van der Waals surface area contributed by atoms with Gasteiger partial charge in [-0.05, 0) is 74.5 Å². The zero-order chi connectivity index (χ0) is 21.0. The first-order valence-electron chi connectivity index (χ1n) is 11.5. The van der Waals surface area contributed by atoms with E-state index in [1.807, 2.05) is 13.8 Å². The molecule has 2 fully saturated rings. The summed E-state index contributed by atoms with van der Waals surface area (Å²) in [5.41, 5.74) is 2.55. The van der Waals surface area contributed by atoms with Crippen LogP contribution in [0.4, 0.5) is 4.79 Å². The van der Waals surface area contributed by atoms with Gasteiger partial charge < -0.3 is 5.32 Å². The fraction of sp³-hybridized carbons (Fsp3) is 0.680. The van der Waals surface area contributed by atoms with Crippen LogP contribution in [0.3, 0.4) is 0 Å². The Morgan fingerprint density at radius 3 is 2.41 bits per heavy atom. The quantitative estimate of drug-likeness (QED) is 0.713. The Morgan fingerprint density at radius 2 is 1.83 bits per heavy atom. The molecule has 1 aliphatic heterocycles. The van der Waals surface area contributed by atoms with Gasteiger partial charge in [-0.15, -0.1) is 0 Å². The van der Waals surface area contributed by atoms with Crippen molar-refractivity contribution in [3.8, 4) is 0 Å². The highest BCUT2D eigenvalue weighted by molar-refractivity contribution is 6.09. The van der Waals surface area contributed by atoms with E-state index in [2.05, 4.69) is 44.3 Å². The number of carbonyl (C=O) groups is 2. The molecule has 3 aliphatic rings. The molecule has 1 N–H and O–H groups in total. The number of urea groups is 1. The molecule has 3 amide bonds. The van der Waals surface area contributed by atoms with Crippen LogP contribution in [0, 0.1) is 17.3 Å². The Morgan fingerprint density at radius 1 is 1.14 bits per heavy atom. The molecule has 1 saturated heterocycles. The van der Waals surface area contributed by atoms with Gasteiger partial charge in [0.1, 0.15) is 0 Å². The third kappa shape index (κ3) is 3.02. The van der Waals surface area contributed by atoms with Crippen LogP contribution in [0.5, 0.6) is 0 Å². The van der Waals surface area contributed by atoms with Crippen LogP contribution in [0.25, 0.3) is 0 Å². The number of hydrogen-bond acceptors (Lipinski definition) is 2. The van der Waals surface area contributed by atoms with E-state index >= 15 is 0 Å². The molecule has 1 heterocycles. The van der Waals surface area contributed by atoms with Gasteiger partial charge in [-0.25, -0.2) is 4.79 Å². The summed E-state index contributed by atoms with van der Waals surface area (Å²) in [4.78, 5) is 28.4. The number of nitrogens with one attached hydrogen (secondary N) is 1. The van der Waals surface area contributed by atoms with Crippen LogP contribution in [-0.4, -0.2) is 22.9 Å². The first kappa shape index (κ1) is 20.4. The van der Waals surface area contributed by atoms with Gasteiger partial charge in [-0.1, -0.05) is 51.8 Å². The predicted molar refractivity (Wildman–Crippen MR) is 116 cm³/mol. The Bertz CT molecular complexity index is 820. The zero-order valence-electron chi connectivity index (χ0n) is 18.7. The minimum absolute atomic E-state index is 0.0215. The van der Waals surface area contributed by atoms with Gasteiger partial charge in [-0.2, -0.15) is 0 Å². The fourth-order valence-electron chi connectivity index (χ4n) is 5.94. The van der Waals surface area contributed by atoms with Crippen LogP contribution in [-0.2, 0) is 23.2 Å². The molecule has 1 atom stereocenters. The summed E-state index contributed by atoms with van der Waals surface area (Å²) in [5, 5.41) is 3.27. The maximum Gasteiger partial charge on any atom is 0.325 e. The number of hydrogen-bond donors (Lipinski definition) is 1. The lowest BCUT2D eigenvalue weighted by molar-refractivity contribution is -0.138. The van der Waals surface area contributed by atoms with Gasteiger partial charge >= 0.3 is 6.03 Å². The smallest absolute Gasteiger partial charge is 0.319 e. The standard InChI is InChI=1S/C25H36N2O2/c1-16(2)6-7-19-8-9-20-15-24(12-10-18(5)11-13-24)25(21(20)14-19)22(28)27(17(3)4)23(29)26-25/h8-9,14,16-18H,6-7,10-13,15H2,1-5H3,(H,26,29). The van der Waals surface area contributed by atoms with E-state index in [1.54, 1.807) is 0 Å². The summed E-state index contributed by atoms with van der Waals surface area (Å²) >= 11 is 0. The van der Waals surface area contributed by atoms with Crippen molar-refractivity contribution in [2.45, 2.75) is 91.1 Å². The number of rotatable bonds is 4. The molecular formula is C25H36N2O2. The molecule has 1 aromatic carbocycles. The third-order valence-corrected chi connectivity index (χ3v) is 7.71. The van der Waals surface area contributed by atoms with Crippen LogP contribution in [0.15, 0.2) is 18.2 Å². The average Bonchev–Trinajstić information content (AvgIpc) is 3.08. The van der Waals surface area contributed by atoms with Crippen molar-refractivity contribution in [2.75, 3.05) is 0 Å². The first-order valence-corrected chi connectivity index (χ1v) is 11.5. The highest BCUT2D eigenvalue weighted by Crippen LogP contribution is 2.60. The molecular weight excluding hydrogens is 360 g/mol. The van der Waals surface area contributed by atoms with Gasteiger partial charge in [0, 0.05) is 11.5 Å². The Balaban J connectivity index is 1.82. The Kier molecular flexibility index (Phi) is 5.03. The SMILES string of the molecule is CC(C)CCc1ccc2c(c1)C1(NC(=O)N(C(C)C)C1=O)C1(CCC(C)CC1)C2. The van der Waals surface area contributed by atoms with E-state index in [4.69, 9.17) is 0 Å². The number of imide groups is 1. The normalized spacial score (nSPS) is 31.4.